The van der Waals surface area contributed by atoms with E-state index < -0.39 is 0 Å². The summed E-state index contributed by atoms with van der Waals surface area (Å²) in [6.45, 7) is 0. The summed E-state index contributed by atoms with van der Waals surface area (Å²) >= 11 is 1.89. The average Bonchev–Trinajstić information content (AvgIpc) is 3.76. The zero-order valence-corrected chi connectivity index (χ0v) is 29.6. The summed E-state index contributed by atoms with van der Waals surface area (Å²) in [5, 5.41) is 10.1. The Morgan fingerprint density at radius 1 is 0.396 bits per heavy atom. The van der Waals surface area contributed by atoms with Crippen molar-refractivity contribution in [3.63, 3.8) is 0 Å². The first-order valence-electron chi connectivity index (χ1n) is 18.1. The largest absolute Gasteiger partial charge is 0.310 e. The molecule has 0 radical (unpaired) electrons. The van der Waals surface area contributed by atoms with E-state index in [0.29, 0.717) is 0 Å². The van der Waals surface area contributed by atoms with Gasteiger partial charge in [-0.05, 0) is 99.4 Å². The van der Waals surface area contributed by atoms with Crippen LogP contribution in [0.2, 0.25) is 0 Å². The Morgan fingerprint density at radius 3 is 1.91 bits per heavy atom. The number of para-hydroxylation sites is 1. The third-order valence-electron chi connectivity index (χ3n) is 10.7. The molecule has 11 rings (SSSR count). The Labute approximate surface area is 311 Å². The number of aromatic nitrogens is 1. The van der Waals surface area contributed by atoms with E-state index in [-0.39, 0.29) is 0 Å². The first-order chi connectivity index (χ1) is 26.3. The summed E-state index contributed by atoms with van der Waals surface area (Å²) in [5.74, 6) is 0. The molecule has 0 N–H and O–H groups in total. The van der Waals surface area contributed by atoms with Crippen LogP contribution in [0.25, 0.3) is 80.3 Å². The second kappa shape index (κ2) is 11.9. The number of anilines is 3. The molecule has 0 saturated heterocycles. The first-order valence-corrected chi connectivity index (χ1v) is 18.9. The van der Waals surface area contributed by atoms with Gasteiger partial charge >= 0.3 is 0 Å². The molecule has 0 spiro atoms. The zero-order valence-electron chi connectivity index (χ0n) is 28.8. The fourth-order valence-corrected chi connectivity index (χ4v) is 9.49. The minimum absolute atomic E-state index is 1.12. The highest BCUT2D eigenvalue weighted by Crippen LogP contribution is 2.47. The fraction of sp³-hybridized carbons (Fsp3) is 0. The topological polar surface area (TPSA) is 8.17 Å². The lowest BCUT2D eigenvalue weighted by Crippen LogP contribution is -2.10. The van der Waals surface area contributed by atoms with Gasteiger partial charge in [0.15, 0.2) is 0 Å². The molecule has 0 fully saturated rings. The third-order valence-corrected chi connectivity index (χ3v) is 11.9. The van der Waals surface area contributed by atoms with Crippen molar-refractivity contribution in [1.82, 2.24) is 4.57 Å². The first kappa shape index (κ1) is 30.0. The van der Waals surface area contributed by atoms with E-state index in [4.69, 9.17) is 0 Å². The van der Waals surface area contributed by atoms with Crippen LogP contribution in [-0.2, 0) is 0 Å². The lowest BCUT2D eigenvalue weighted by Gasteiger charge is -2.26. The second-order valence-electron chi connectivity index (χ2n) is 13.8. The van der Waals surface area contributed by atoms with E-state index in [1.807, 2.05) is 11.3 Å². The monoisotopic (exact) mass is 692 g/mol. The van der Waals surface area contributed by atoms with Gasteiger partial charge in [0, 0.05) is 48.0 Å². The molecular weight excluding hydrogens is 661 g/mol. The maximum absolute atomic E-state index is 2.45. The van der Waals surface area contributed by atoms with Crippen molar-refractivity contribution < 1.29 is 0 Å². The molecule has 2 nitrogen and oxygen atoms in total. The molecular formula is C50H32N2S. The number of hydrogen-bond donors (Lipinski definition) is 0. The quantitative estimate of drug-likeness (QED) is 0.174. The Hall–Kier alpha value is -6.68. The molecule has 0 amide bonds. The minimum Gasteiger partial charge on any atom is -0.310 e. The van der Waals surface area contributed by atoms with Crippen molar-refractivity contribution in [2.24, 2.45) is 0 Å². The third kappa shape index (κ3) is 4.78. The summed E-state index contributed by atoms with van der Waals surface area (Å²) in [6.07, 6.45) is 0. The number of thiophene rings is 1. The normalized spacial score (nSPS) is 11.8. The Kier molecular flexibility index (Phi) is 6.76. The van der Waals surface area contributed by atoms with Gasteiger partial charge in [-0.15, -0.1) is 11.3 Å². The standard InChI is InChI=1S/C50H32N2S/c1-3-12-33(13-4-1)34-22-25-39(26-23-34)52-46-21-11-20-45(49(46)44-30-36-15-7-8-16-37(36)31-47(44)52)51(38-17-5-2-6-18-38)40-27-29-48-43(32-40)42-28-24-35-14-9-10-19-41(35)50(42)53-48/h1-32H. The molecule has 2 heterocycles. The molecule has 9 aromatic carbocycles. The predicted octanol–water partition coefficient (Wildman–Crippen LogP) is 14.6. The van der Waals surface area contributed by atoms with Crippen molar-refractivity contribution in [3.8, 4) is 16.8 Å². The number of rotatable bonds is 5. The van der Waals surface area contributed by atoms with Gasteiger partial charge in [-0.1, -0.05) is 127 Å². The van der Waals surface area contributed by atoms with Crippen molar-refractivity contribution in [2.75, 3.05) is 4.90 Å². The maximum atomic E-state index is 2.45. The lowest BCUT2D eigenvalue weighted by atomic mass is 10.0. The predicted molar refractivity (Wildman–Crippen MR) is 229 cm³/mol. The Balaban J connectivity index is 1.18. The zero-order chi connectivity index (χ0) is 34.9. The van der Waals surface area contributed by atoms with Crippen molar-refractivity contribution >= 4 is 91.9 Å². The molecule has 0 aliphatic carbocycles. The van der Waals surface area contributed by atoms with Crippen LogP contribution in [0.3, 0.4) is 0 Å². The molecule has 53 heavy (non-hydrogen) atoms. The van der Waals surface area contributed by atoms with E-state index in [2.05, 4.69) is 204 Å². The Bertz CT molecular complexity index is 3160. The summed E-state index contributed by atoms with van der Waals surface area (Å²) in [5.41, 5.74) is 9.35. The van der Waals surface area contributed by atoms with Crippen LogP contribution >= 0.6 is 11.3 Å². The molecule has 0 bridgehead atoms. The van der Waals surface area contributed by atoms with Crippen molar-refractivity contribution in [1.29, 1.82) is 0 Å². The van der Waals surface area contributed by atoms with Crippen LogP contribution in [0.5, 0.6) is 0 Å². The highest BCUT2D eigenvalue weighted by Gasteiger charge is 2.22. The second-order valence-corrected chi connectivity index (χ2v) is 14.8. The molecule has 0 aliphatic rings. The lowest BCUT2D eigenvalue weighted by molar-refractivity contribution is 1.18. The molecule has 0 saturated carbocycles. The molecule has 248 valence electrons. The number of fused-ring (bicyclic) bond motifs is 9. The molecule has 11 aromatic rings. The summed E-state index contributed by atoms with van der Waals surface area (Å²) in [6, 6.07) is 71.0. The van der Waals surface area contributed by atoms with Crippen LogP contribution in [0.15, 0.2) is 194 Å². The molecule has 0 unspecified atom stereocenters. The molecule has 0 atom stereocenters. The Morgan fingerprint density at radius 2 is 1.09 bits per heavy atom. The van der Waals surface area contributed by atoms with E-state index in [9.17, 15) is 0 Å². The highest BCUT2D eigenvalue weighted by molar-refractivity contribution is 7.26. The molecule has 0 aliphatic heterocycles. The van der Waals surface area contributed by atoms with Crippen LogP contribution in [0.1, 0.15) is 0 Å². The van der Waals surface area contributed by atoms with Gasteiger partial charge < -0.3 is 9.47 Å². The maximum Gasteiger partial charge on any atom is 0.0562 e. The van der Waals surface area contributed by atoms with E-state index in [1.165, 1.54) is 74.6 Å². The average molecular weight is 693 g/mol. The van der Waals surface area contributed by atoms with Gasteiger partial charge in [-0.2, -0.15) is 0 Å². The summed E-state index contributed by atoms with van der Waals surface area (Å²) < 4.78 is 5.09. The summed E-state index contributed by atoms with van der Waals surface area (Å²) in [4.78, 5) is 2.45. The van der Waals surface area contributed by atoms with Crippen LogP contribution in [0.4, 0.5) is 17.1 Å². The number of hydrogen-bond acceptors (Lipinski definition) is 2. The smallest absolute Gasteiger partial charge is 0.0562 e. The SMILES string of the molecule is c1ccc(-c2ccc(-n3c4cc5ccccc5cc4c4c(N(c5ccccc5)c5ccc6sc7c8ccccc8ccc7c6c5)cccc43)cc2)cc1. The fourth-order valence-electron chi connectivity index (χ4n) is 8.27. The molecule has 2 aromatic heterocycles. The van der Waals surface area contributed by atoms with Gasteiger partial charge in [-0.25, -0.2) is 0 Å². The van der Waals surface area contributed by atoms with E-state index in [1.54, 1.807) is 0 Å². The van der Waals surface area contributed by atoms with Gasteiger partial charge in [0.2, 0.25) is 0 Å². The van der Waals surface area contributed by atoms with Crippen molar-refractivity contribution in [3.05, 3.63) is 194 Å². The van der Waals surface area contributed by atoms with Crippen LogP contribution < -0.4 is 4.90 Å². The number of benzene rings is 9. The van der Waals surface area contributed by atoms with Gasteiger partial charge in [-0.3, -0.25) is 0 Å². The van der Waals surface area contributed by atoms with Crippen LogP contribution in [-0.4, -0.2) is 4.57 Å². The van der Waals surface area contributed by atoms with Gasteiger partial charge in [0.05, 0.1) is 16.7 Å². The van der Waals surface area contributed by atoms with E-state index >= 15 is 0 Å². The summed E-state index contributed by atoms with van der Waals surface area (Å²) in [7, 11) is 0. The minimum atomic E-state index is 1.12. The van der Waals surface area contributed by atoms with Gasteiger partial charge in [0.25, 0.3) is 0 Å². The van der Waals surface area contributed by atoms with Gasteiger partial charge in [0.1, 0.15) is 0 Å². The number of nitrogens with zero attached hydrogens (tertiary/aromatic N) is 2. The van der Waals surface area contributed by atoms with E-state index in [0.717, 1.165) is 22.7 Å². The highest BCUT2D eigenvalue weighted by atomic mass is 32.1. The van der Waals surface area contributed by atoms with Crippen molar-refractivity contribution in [2.45, 2.75) is 0 Å². The van der Waals surface area contributed by atoms with Crippen LogP contribution in [0, 0.1) is 0 Å². The molecule has 3 heteroatoms.